The molecule has 0 aromatic carbocycles. The zero-order valence-corrected chi connectivity index (χ0v) is 8.76. The Kier molecular flexibility index (Phi) is 3.06. The van der Waals surface area contributed by atoms with Crippen molar-refractivity contribution in [3.05, 3.63) is 22.7 Å². The number of ether oxygens (including phenoxy) is 1. The smallest absolute Gasteiger partial charge is 0.357 e. The molecule has 1 aromatic rings. The predicted molar refractivity (Wildman–Crippen MR) is 52.0 cm³/mol. The second kappa shape index (κ2) is 4.24. The van der Waals surface area contributed by atoms with Crippen LogP contribution in [0.3, 0.4) is 0 Å². The average molecular weight is 247 g/mol. The normalized spacial score (nSPS) is 37.5. The van der Waals surface area contributed by atoms with E-state index in [9.17, 15) is 20.1 Å². The molecule has 0 unspecified atom stereocenters. The van der Waals surface area contributed by atoms with Crippen LogP contribution >= 0.6 is 0 Å². The van der Waals surface area contributed by atoms with Crippen LogP contribution in [0, 0.1) is 0 Å². The molecule has 1 aromatic heterocycles. The van der Waals surface area contributed by atoms with Crippen LogP contribution in [0.25, 0.3) is 0 Å². The van der Waals surface area contributed by atoms with Crippen LogP contribution in [0.2, 0.25) is 0 Å². The van der Waals surface area contributed by atoms with Gasteiger partial charge in [-0.1, -0.05) is 0 Å². The molecule has 96 valence electrons. The van der Waals surface area contributed by atoms with Crippen LogP contribution in [0.1, 0.15) is 0 Å². The first-order valence-electron chi connectivity index (χ1n) is 5.00. The van der Waals surface area contributed by atoms with Gasteiger partial charge in [-0.3, -0.25) is 0 Å². The van der Waals surface area contributed by atoms with Gasteiger partial charge in [0.1, 0.15) is 18.3 Å². The van der Waals surface area contributed by atoms with Crippen LogP contribution < -0.4 is 5.63 Å². The molecular formula is C9H13NO7. The van der Waals surface area contributed by atoms with Crippen molar-refractivity contribution in [2.24, 2.45) is 0 Å². The van der Waals surface area contributed by atoms with Gasteiger partial charge in [0, 0.05) is 12.3 Å². The molecule has 2 rings (SSSR count). The van der Waals surface area contributed by atoms with Gasteiger partial charge < -0.3 is 29.7 Å². The van der Waals surface area contributed by atoms with Gasteiger partial charge in [-0.15, -0.1) is 0 Å². The largest absolute Gasteiger partial charge is 0.394 e. The number of nitrogens with zero attached hydrogens (tertiary/aromatic N) is 1. The molecule has 8 nitrogen and oxygen atoms in total. The van der Waals surface area contributed by atoms with Crippen molar-refractivity contribution in [1.82, 2.24) is 4.74 Å². The lowest BCUT2D eigenvalue weighted by atomic mass is 10.0. The van der Waals surface area contributed by atoms with Crippen molar-refractivity contribution in [1.29, 1.82) is 0 Å². The zero-order valence-electron chi connectivity index (χ0n) is 8.76. The lowest BCUT2D eigenvalue weighted by Crippen LogP contribution is -2.48. The first kappa shape index (κ1) is 12.3. The lowest BCUT2D eigenvalue weighted by Gasteiger charge is -2.29. The van der Waals surface area contributed by atoms with Crippen LogP contribution in [-0.2, 0) is 10.5 Å². The van der Waals surface area contributed by atoms with Gasteiger partial charge in [0.2, 0.25) is 5.72 Å². The molecule has 1 aliphatic heterocycles. The Morgan fingerprint density at radius 2 is 2.12 bits per heavy atom. The molecule has 4 atom stereocenters. The lowest BCUT2D eigenvalue weighted by molar-refractivity contribution is -0.203. The fourth-order valence-corrected chi connectivity index (χ4v) is 1.89. The average Bonchev–Trinajstić information content (AvgIpc) is 2.85. The molecule has 0 bridgehead atoms. The Labute approximate surface area is 95.2 Å². The van der Waals surface area contributed by atoms with Crippen molar-refractivity contribution >= 4 is 0 Å². The molecule has 1 fully saturated rings. The van der Waals surface area contributed by atoms with E-state index in [0.29, 0.717) is 0 Å². The number of aliphatic hydroxyl groups is 4. The molecule has 0 spiro atoms. The molecule has 0 saturated carbocycles. The minimum absolute atomic E-state index is 0.536. The topological polar surface area (TPSA) is 125 Å². The van der Waals surface area contributed by atoms with Crippen LogP contribution in [-0.4, -0.2) is 56.7 Å². The molecular weight excluding hydrogens is 234 g/mol. The molecule has 8 heteroatoms. The molecule has 2 heterocycles. The monoisotopic (exact) mass is 247 g/mol. The molecule has 17 heavy (non-hydrogen) atoms. The van der Waals surface area contributed by atoms with Gasteiger partial charge >= 0.3 is 5.63 Å². The standard InChI is InChI=1S/C9H13NO7/c11-3-5-7(14)8(15)9(4-12,16-5)10-2-1-6(13)17-10/h1-2,5,7-8,11-12,14-15H,3-4H2/t5-,7-,8+,9-/m1/s1. The number of hydrogen-bond acceptors (Lipinski definition) is 7. The Hall–Kier alpha value is -1.19. The van der Waals surface area contributed by atoms with Crippen molar-refractivity contribution < 1.29 is 29.7 Å². The van der Waals surface area contributed by atoms with Crippen molar-refractivity contribution in [3.63, 3.8) is 0 Å². The minimum Gasteiger partial charge on any atom is -0.394 e. The summed E-state index contributed by atoms with van der Waals surface area (Å²) in [5.74, 6) is 0. The molecule has 0 radical (unpaired) electrons. The summed E-state index contributed by atoms with van der Waals surface area (Å²) in [6.45, 7) is -1.26. The second-order valence-electron chi connectivity index (χ2n) is 3.83. The summed E-state index contributed by atoms with van der Waals surface area (Å²) in [5, 5.41) is 37.7. The fraction of sp³-hybridized carbons (Fsp3) is 0.667. The summed E-state index contributed by atoms with van der Waals surface area (Å²) >= 11 is 0. The SMILES string of the molecule is O=c1ccn([C@]2(CO)O[C@H](CO)[C@@H](O)[C@@H]2O)o1. The van der Waals surface area contributed by atoms with Crippen molar-refractivity contribution in [3.8, 4) is 0 Å². The first-order chi connectivity index (χ1) is 8.05. The van der Waals surface area contributed by atoms with Gasteiger partial charge in [-0.05, 0) is 0 Å². The highest BCUT2D eigenvalue weighted by molar-refractivity contribution is 4.98. The Morgan fingerprint density at radius 3 is 2.53 bits per heavy atom. The summed E-state index contributed by atoms with van der Waals surface area (Å²) < 4.78 is 10.7. The summed E-state index contributed by atoms with van der Waals surface area (Å²) in [7, 11) is 0. The molecule has 1 saturated heterocycles. The Morgan fingerprint density at radius 1 is 1.41 bits per heavy atom. The van der Waals surface area contributed by atoms with Crippen LogP contribution in [0.15, 0.2) is 21.6 Å². The van der Waals surface area contributed by atoms with E-state index in [4.69, 9.17) is 14.4 Å². The van der Waals surface area contributed by atoms with Gasteiger partial charge in [-0.25, -0.2) is 4.79 Å². The summed E-state index contributed by atoms with van der Waals surface area (Å²) in [5.41, 5.74) is -2.48. The number of aliphatic hydroxyl groups excluding tert-OH is 4. The number of hydrogen-bond donors (Lipinski definition) is 4. The third-order valence-corrected chi connectivity index (χ3v) is 2.84. The van der Waals surface area contributed by atoms with E-state index in [1.54, 1.807) is 0 Å². The maximum atomic E-state index is 10.9. The van der Waals surface area contributed by atoms with Crippen LogP contribution in [0.5, 0.6) is 0 Å². The van der Waals surface area contributed by atoms with E-state index in [1.165, 1.54) is 6.20 Å². The number of aromatic nitrogens is 1. The third-order valence-electron chi connectivity index (χ3n) is 2.84. The maximum Gasteiger partial charge on any atom is 0.357 e. The summed E-state index contributed by atoms with van der Waals surface area (Å²) in [4.78, 5) is 10.9. The van der Waals surface area contributed by atoms with E-state index >= 15 is 0 Å². The highest BCUT2D eigenvalue weighted by Crippen LogP contribution is 2.34. The van der Waals surface area contributed by atoms with E-state index in [0.717, 1.165) is 10.8 Å². The molecule has 1 aliphatic rings. The van der Waals surface area contributed by atoms with Crippen molar-refractivity contribution in [2.45, 2.75) is 24.0 Å². The van der Waals surface area contributed by atoms with E-state index in [2.05, 4.69) is 0 Å². The van der Waals surface area contributed by atoms with Gasteiger partial charge in [-0.2, -0.15) is 4.74 Å². The maximum absolute atomic E-state index is 10.9. The highest BCUT2D eigenvalue weighted by Gasteiger charge is 2.56. The second-order valence-corrected chi connectivity index (χ2v) is 3.83. The third kappa shape index (κ3) is 1.70. The first-order valence-corrected chi connectivity index (χ1v) is 5.00. The van der Waals surface area contributed by atoms with Crippen LogP contribution in [0.4, 0.5) is 0 Å². The van der Waals surface area contributed by atoms with Gasteiger partial charge in [0.15, 0.2) is 0 Å². The van der Waals surface area contributed by atoms with Crippen molar-refractivity contribution in [2.75, 3.05) is 13.2 Å². The molecule has 0 aliphatic carbocycles. The summed E-state index contributed by atoms with van der Waals surface area (Å²) in [6.07, 6.45) is -2.81. The Bertz CT molecular complexity index is 441. The van der Waals surface area contributed by atoms with E-state index < -0.39 is 42.9 Å². The minimum atomic E-state index is -1.80. The molecule has 4 N–H and O–H groups in total. The van der Waals surface area contributed by atoms with E-state index in [1.807, 2.05) is 0 Å². The van der Waals surface area contributed by atoms with Gasteiger partial charge in [0.25, 0.3) is 0 Å². The van der Waals surface area contributed by atoms with E-state index in [-0.39, 0.29) is 0 Å². The fourth-order valence-electron chi connectivity index (χ4n) is 1.89. The molecule has 0 amide bonds. The quantitative estimate of drug-likeness (QED) is 0.454. The number of rotatable bonds is 3. The highest BCUT2D eigenvalue weighted by atomic mass is 16.6. The van der Waals surface area contributed by atoms with Gasteiger partial charge in [0.05, 0.1) is 13.2 Å². The summed E-state index contributed by atoms with van der Waals surface area (Å²) in [6, 6.07) is 1.08. The Balaban J connectivity index is 2.42. The zero-order chi connectivity index (χ0) is 12.6. The predicted octanol–water partition coefficient (Wildman–Crippen LogP) is -2.80.